The zero-order valence-corrected chi connectivity index (χ0v) is 36.6. The first-order valence-corrected chi connectivity index (χ1v) is 23.5. The van der Waals surface area contributed by atoms with Gasteiger partial charge in [0.05, 0.1) is 11.1 Å². The van der Waals surface area contributed by atoms with E-state index in [1.807, 2.05) is 11.3 Å². The number of hydrogen-bond donors (Lipinski definition) is 0. The van der Waals surface area contributed by atoms with Crippen LogP contribution >= 0.6 is 11.3 Å². The van der Waals surface area contributed by atoms with Gasteiger partial charge in [-0.1, -0.05) is 188 Å². The van der Waals surface area contributed by atoms with Crippen LogP contribution in [0, 0.1) is 0 Å². The molecule has 0 saturated heterocycles. The first-order chi connectivity index (χ1) is 32.7. The van der Waals surface area contributed by atoms with E-state index in [4.69, 9.17) is 4.74 Å². The van der Waals surface area contributed by atoms with Crippen LogP contribution in [0.1, 0.15) is 22.3 Å². The molecule has 1 aliphatic heterocycles. The van der Waals surface area contributed by atoms with Gasteiger partial charge in [0.1, 0.15) is 11.5 Å². The Morgan fingerprint density at radius 1 is 0.333 bits per heavy atom. The predicted molar refractivity (Wildman–Crippen MR) is 277 cm³/mol. The molecule has 2 aliphatic rings. The molecule has 2 nitrogen and oxygen atoms in total. The Labute approximate surface area is 386 Å². The Morgan fingerprint density at radius 3 is 1.70 bits per heavy atom. The Morgan fingerprint density at radius 2 is 0.909 bits per heavy atom. The minimum Gasteiger partial charge on any atom is -0.455 e. The molecule has 308 valence electrons. The van der Waals surface area contributed by atoms with Crippen LogP contribution in [0.2, 0.25) is 0 Å². The fourth-order valence-corrected chi connectivity index (χ4v) is 12.3. The van der Waals surface area contributed by atoms with Crippen molar-refractivity contribution in [2.75, 3.05) is 4.90 Å². The molecule has 66 heavy (non-hydrogen) atoms. The van der Waals surface area contributed by atoms with Gasteiger partial charge >= 0.3 is 0 Å². The van der Waals surface area contributed by atoms with E-state index in [1.54, 1.807) is 0 Å². The van der Waals surface area contributed by atoms with E-state index < -0.39 is 5.41 Å². The van der Waals surface area contributed by atoms with Crippen molar-refractivity contribution >= 4 is 70.1 Å². The molecule has 3 heteroatoms. The summed E-state index contributed by atoms with van der Waals surface area (Å²) in [5.74, 6) is 1.86. The standard InChI is InChI=1S/C63H39NOS/c1-2-15-40(16-3-1)47-21-9-12-27-58(47)64(46-32-36-60-53(39-46)51-25-10-13-28-59(51)66-60)45-20-14-19-43(37-45)44-31-33-55-52(38-44)50-24-8-11-26-54(50)63(55)56-34-29-41-17-4-6-22-48(41)61(56)65-62-49-23-7-5-18-42(49)30-35-57(62)63/h1-39H. The second kappa shape index (κ2) is 14.4. The van der Waals surface area contributed by atoms with Crippen molar-refractivity contribution in [1.29, 1.82) is 0 Å². The molecule has 1 aliphatic carbocycles. The lowest BCUT2D eigenvalue weighted by Crippen LogP contribution is -2.32. The molecule has 2 heterocycles. The smallest absolute Gasteiger partial charge is 0.140 e. The highest BCUT2D eigenvalue weighted by molar-refractivity contribution is 7.25. The molecule has 0 atom stereocenters. The molecule has 1 spiro atoms. The average molecular weight is 858 g/mol. The summed E-state index contributed by atoms with van der Waals surface area (Å²) in [5, 5.41) is 7.14. The molecule has 0 radical (unpaired) electrons. The quantitative estimate of drug-likeness (QED) is 0.171. The Hall–Kier alpha value is -8.24. The lowest BCUT2D eigenvalue weighted by molar-refractivity contribution is 0.447. The van der Waals surface area contributed by atoms with Crippen LogP contribution in [0.3, 0.4) is 0 Å². The van der Waals surface area contributed by atoms with Gasteiger partial charge in [-0.2, -0.15) is 0 Å². The van der Waals surface area contributed by atoms with Crippen molar-refractivity contribution in [2.24, 2.45) is 0 Å². The van der Waals surface area contributed by atoms with Crippen LogP contribution in [-0.2, 0) is 5.41 Å². The number of fused-ring (bicyclic) bond motifs is 16. The summed E-state index contributed by atoms with van der Waals surface area (Å²) in [6.07, 6.45) is 0. The molecule has 11 aromatic carbocycles. The number of anilines is 3. The summed E-state index contributed by atoms with van der Waals surface area (Å²) < 4.78 is 9.79. The third kappa shape index (κ3) is 5.35. The fraction of sp³-hybridized carbons (Fsp3) is 0.0159. The van der Waals surface area contributed by atoms with Crippen molar-refractivity contribution in [3.63, 3.8) is 0 Å². The number of thiophene rings is 1. The van der Waals surface area contributed by atoms with Crippen LogP contribution in [0.4, 0.5) is 17.1 Å². The summed E-state index contributed by atoms with van der Waals surface area (Å²) in [5.41, 5.74) is 14.8. The summed E-state index contributed by atoms with van der Waals surface area (Å²) in [4.78, 5) is 2.44. The number of ether oxygens (including phenoxy) is 1. The second-order valence-corrected chi connectivity index (χ2v) is 18.6. The van der Waals surface area contributed by atoms with E-state index in [0.29, 0.717) is 0 Å². The molecule has 12 aromatic rings. The monoisotopic (exact) mass is 857 g/mol. The number of hydrogen-bond acceptors (Lipinski definition) is 3. The highest BCUT2D eigenvalue weighted by Gasteiger charge is 2.51. The Bertz CT molecular complexity index is 3850. The molecule has 0 unspecified atom stereocenters. The molecule has 0 saturated carbocycles. The van der Waals surface area contributed by atoms with Crippen LogP contribution < -0.4 is 9.64 Å². The van der Waals surface area contributed by atoms with Crippen molar-refractivity contribution < 1.29 is 4.74 Å². The van der Waals surface area contributed by atoms with Gasteiger partial charge in [-0.05, 0) is 98.2 Å². The molecule has 0 amide bonds. The number of rotatable bonds is 5. The molecule has 14 rings (SSSR count). The maximum Gasteiger partial charge on any atom is 0.140 e. The third-order valence-electron chi connectivity index (χ3n) is 14.1. The van der Waals surface area contributed by atoms with Crippen LogP contribution in [0.5, 0.6) is 11.5 Å². The van der Waals surface area contributed by atoms with E-state index in [-0.39, 0.29) is 0 Å². The van der Waals surface area contributed by atoms with Crippen molar-refractivity contribution in [2.45, 2.75) is 5.41 Å². The van der Waals surface area contributed by atoms with Gasteiger partial charge in [0.25, 0.3) is 0 Å². The van der Waals surface area contributed by atoms with Gasteiger partial charge in [0.15, 0.2) is 0 Å². The highest BCUT2D eigenvalue weighted by atomic mass is 32.1. The average Bonchev–Trinajstić information content (AvgIpc) is 3.90. The van der Waals surface area contributed by atoms with Gasteiger partial charge in [0, 0.05) is 59.0 Å². The number of benzene rings is 11. The molecule has 0 fully saturated rings. The minimum absolute atomic E-state index is 0.592. The Kier molecular flexibility index (Phi) is 8.10. The Balaban J connectivity index is 0.977. The van der Waals surface area contributed by atoms with E-state index in [0.717, 1.165) is 44.9 Å². The van der Waals surface area contributed by atoms with Gasteiger partial charge < -0.3 is 9.64 Å². The third-order valence-corrected chi connectivity index (χ3v) is 15.3. The summed E-state index contributed by atoms with van der Waals surface area (Å²) in [7, 11) is 0. The topological polar surface area (TPSA) is 12.5 Å². The van der Waals surface area contributed by atoms with Crippen molar-refractivity contribution in [3.05, 3.63) is 259 Å². The van der Waals surface area contributed by atoms with E-state index in [2.05, 4.69) is 241 Å². The normalized spacial score (nSPS) is 13.1. The van der Waals surface area contributed by atoms with E-state index in [9.17, 15) is 0 Å². The summed E-state index contributed by atoms with van der Waals surface area (Å²) >= 11 is 1.85. The first-order valence-electron chi connectivity index (χ1n) is 22.7. The largest absolute Gasteiger partial charge is 0.455 e. The van der Waals surface area contributed by atoms with Crippen molar-refractivity contribution in [1.82, 2.24) is 0 Å². The van der Waals surface area contributed by atoms with Crippen LogP contribution in [0.25, 0.3) is 75.1 Å². The summed E-state index contributed by atoms with van der Waals surface area (Å²) in [6, 6.07) is 87.0. The molecule has 1 aromatic heterocycles. The van der Waals surface area contributed by atoms with E-state index in [1.165, 1.54) is 81.0 Å². The SMILES string of the molecule is c1ccc(-c2ccccc2N(c2cccc(-c3ccc4c(c3)-c3ccccc3C43c4ccc5ccccc5c4Oc4c3ccc3ccccc43)c2)c2ccc3sc4ccccc4c3c2)cc1. The van der Waals surface area contributed by atoms with Crippen LogP contribution in [-0.4, -0.2) is 0 Å². The maximum atomic E-state index is 7.19. The van der Waals surface area contributed by atoms with E-state index >= 15 is 0 Å². The lowest BCUT2D eigenvalue weighted by Gasteiger charge is -2.40. The predicted octanol–water partition coefficient (Wildman–Crippen LogP) is 17.6. The fourth-order valence-electron chi connectivity index (χ4n) is 11.2. The highest BCUT2D eigenvalue weighted by Crippen LogP contribution is 2.64. The second-order valence-electron chi connectivity index (χ2n) is 17.5. The zero-order chi connectivity index (χ0) is 43.3. The zero-order valence-electron chi connectivity index (χ0n) is 35.8. The molecular formula is C63H39NOS. The number of nitrogens with zero attached hydrogens (tertiary/aromatic N) is 1. The lowest BCUT2D eigenvalue weighted by atomic mass is 9.65. The van der Waals surface area contributed by atoms with Gasteiger partial charge in [-0.15, -0.1) is 11.3 Å². The molecule has 0 N–H and O–H groups in total. The number of para-hydroxylation sites is 1. The summed E-state index contributed by atoms with van der Waals surface area (Å²) in [6.45, 7) is 0. The minimum atomic E-state index is -0.592. The maximum absolute atomic E-state index is 7.19. The molecular weight excluding hydrogens is 819 g/mol. The van der Waals surface area contributed by atoms with Crippen LogP contribution in [0.15, 0.2) is 237 Å². The van der Waals surface area contributed by atoms with Gasteiger partial charge in [-0.3, -0.25) is 0 Å². The molecule has 0 bridgehead atoms. The van der Waals surface area contributed by atoms with Gasteiger partial charge in [-0.25, -0.2) is 0 Å². The van der Waals surface area contributed by atoms with Crippen molar-refractivity contribution in [3.8, 4) is 44.9 Å². The first kappa shape index (κ1) is 37.2. The van der Waals surface area contributed by atoms with Gasteiger partial charge in [0.2, 0.25) is 0 Å².